The Labute approximate surface area is 165 Å². The number of aryl methyl sites for hydroxylation is 1. The number of rotatable bonds is 6. The number of anilines is 1. The summed E-state index contributed by atoms with van der Waals surface area (Å²) in [6.07, 6.45) is 0. The maximum absolute atomic E-state index is 12.5. The average molecular weight is 401 g/mol. The Bertz CT molecular complexity index is 1030. The van der Waals surface area contributed by atoms with Gasteiger partial charge >= 0.3 is 5.69 Å². The zero-order valence-corrected chi connectivity index (χ0v) is 15.9. The molecule has 0 aliphatic carbocycles. The van der Waals surface area contributed by atoms with E-state index >= 15 is 0 Å². The van der Waals surface area contributed by atoms with Crippen LogP contribution in [0.2, 0.25) is 5.02 Å². The second-order valence-electron chi connectivity index (χ2n) is 6.04. The van der Waals surface area contributed by atoms with Crippen molar-refractivity contribution in [2.24, 2.45) is 0 Å². The van der Waals surface area contributed by atoms with Crippen LogP contribution < -0.4 is 10.1 Å². The Morgan fingerprint density at radius 1 is 1.25 bits per heavy atom. The second kappa shape index (κ2) is 8.10. The quantitative estimate of drug-likeness (QED) is 0.485. The molecular weight excluding hydrogens is 384 g/mol. The van der Waals surface area contributed by atoms with E-state index in [1.807, 2.05) is 18.2 Å². The number of para-hydroxylation sites is 1. The molecule has 0 aliphatic rings. The average Bonchev–Trinajstić information content (AvgIpc) is 2.91. The third-order valence-electron chi connectivity index (χ3n) is 4.01. The number of hydrogen-bond donors (Lipinski definition) is 1. The van der Waals surface area contributed by atoms with Crippen molar-refractivity contribution in [1.29, 1.82) is 0 Å². The highest BCUT2D eigenvalue weighted by Crippen LogP contribution is 2.32. The molecule has 1 amide bonds. The van der Waals surface area contributed by atoms with Gasteiger partial charge in [-0.25, -0.2) is 0 Å². The van der Waals surface area contributed by atoms with Crippen LogP contribution in [-0.4, -0.2) is 20.6 Å². The minimum absolute atomic E-state index is 0.0938. The molecule has 0 bridgehead atoms. The number of carbonyl (C=O) groups excluding carboxylic acids is 1. The number of halogens is 1. The number of nitro groups is 1. The van der Waals surface area contributed by atoms with Gasteiger partial charge in [0.25, 0.3) is 0 Å². The van der Waals surface area contributed by atoms with Crippen molar-refractivity contribution in [2.75, 3.05) is 5.32 Å². The van der Waals surface area contributed by atoms with E-state index in [9.17, 15) is 14.9 Å². The summed E-state index contributed by atoms with van der Waals surface area (Å²) in [5.41, 5.74) is 0.858. The molecular formula is C19H17ClN4O4. The Balaban J connectivity index is 1.80. The fourth-order valence-corrected chi connectivity index (χ4v) is 2.91. The Morgan fingerprint density at radius 3 is 2.61 bits per heavy atom. The predicted octanol–water partition coefficient (Wildman–Crippen LogP) is 4.49. The zero-order valence-electron chi connectivity index (χ0n) is 15.2. The summed E-state index contributed by atoms with van der Waals surface area (Å²) in [5, 5.41) is 18.3. The van der Waals surface area contributed by atoms with E-state index in [2.05, 4.69) is 10.4 Å². The fraction of sp³-hybridized carbons (Fsp3) is 0.158. The predicted molar refractivity (Wildman–Crippen MR) is 105 cm³/mol. The number of nitrogens with one attached hydrogen (secondary N) is 1. The summed E-state index contributed by atoms with van der Waals surface area (Å²) >= 11 is 6.05. The van der Waals surface area contributed by atoms with Crippen molar-refractivity contribution in [2.45, 2.75) is 20.4 Å². The first kappa shape index (κ1) is 19.4. The van der Waals surface area contributed by atoms with Gasteiger partial charge in [-0.1, -0.05) is 29.8 Å². The molecule has 0 aliphatic heterocycles. The molecule has 2 aromatic carbocycles. The van der Waals surface area contributed by atoms with Crippen LogP contribution in [0, 0.1) is 24.0 Å². The van der Waals surface area contributed by atoms with Crippen LogP contribution in [-0.2, 0) is 11.3 Å². The maximum Gasteiger partial charge on any atom is 0.312 e. The van der Waals surface area contributed by atoms with Crippen molar-refractivity contribution in [1.82, 2.24) is 9.78 Å². The molecule has 1 aromatic heterocycles. The summed E-state index contributed by atoms with van der Waals surface area (Å²) in [6.45, 7) is 2.90. The van der Waals surface area contributed by atoms with Gasteiger partial charge in [-0.3, -0.25) is 19.6 Å². The lowest BCUT2D eigenvalue weighted by molar-refractivity contribution is -0.386. The molecule has 3 rings (SSSR count). The Kier molecular flexibility index (Phi) is 5.60. The van der Waals surface area contributed by atoms with E-state index in [0.29, 0.717) is 27.9 Å². The maximum atomic E-state index is 12.5. The molecule has 0 fully saturated rings. The van der Waals surface area contributed by atoms with Gasteiger partial charge < -0.3 is 10.1 Å². The first-order valence-corrected chi connectivity index (χ1v) is 8.73. The van der Waals surface area contributed by atoms with Gasteiger partial charge in [0.2, 0.25) is 5.91 Å². The summed E-state index contributed by atoms with van der Waals surface area (Å²) in [4.78, 5) is 23.1. The lowest BCUT2D eigenvalue weighted by Crippen LogP contribution is -2.20. The molecule has 0 radical (unpaired) electrons. The third-order valence-corrected chi connectivity index (χ3v) is 4.24. The third kappa shape index (κ3) is 4.29. The molecule has 0 spiro atoms. The molecule has 9 heteroatoms. The number of hydrogen-bond acceptors (Lipinski definition) is 5. The van der Waals surface area contributed by atoms with E-state index in [-0.39, 0.29) is 17.9 Å². The zero-order chi connectivity index (χ0) is 20.3. The Hall–Kier alpha value is -3.39. The van der Waals surface area contributed by atoms with Crippen molar-refractivity contribution >= 4 is 28.9 Å². The van der Waals surface area contributed by atoms with Crippen molar-refractivity contribution in [3.05, 3.63) is 75.1 Å². The van der Waals surface area contributed by atoms with E-state index in [1.165, 1.54) is 11.6 Å². The van der Waals surface area contributed by atoms with E-state index < -0.39 is 10.8 Å². The van der Waals surface area contributed by atoms with Crippen LogP contribution >= 0.6 is 11.6 Å². The largest absolute Gasteiger partial charge is 0.455 e. The number of carbonyl (C=O) groups is 1. The lowest BCUT2D eigenvalue weighted by atomic mass is 10.2. The second-order valence-corrected chi connectivity index (χ2v) is 6.47. The standard InChI is InChI=1S/C19H17ClN4O4/c1-12-19(24(26)27)13(2)23(22-12)11-18(25)21-16-10-14(20)8-9-17(16)28-15-6-4-3-5-7-15/h3-10H,11H2,1-2H3,(H,21,25). The van der Waals surface area contributed by atoms with Gasteiger partial charge in [0.15, 0.2) is 5.75 Å². The fourth-order valence-electron chi connectivity index (χ4n) is 2.74. The minimum atomic E-state index is -0.505. The van der Waals surface area contributed by atoms with E-state index in [4.69, 9.17) is 16.3 Å². The van der Waals surface area contributed by atoms with Gasteiger partial charge in [0.05, 0.1) is 10.6 Å². The van der Waals surface area contributed by atoms with Gasteiger partial charge in [0.1, 0.15) is 23.7 Å². The monoisotopic (exact) mass is 400 g/mol. The molecule has 1 N–H and O–H groups in total. The molecule has 0 unspecified atom stereocenters. The highest BCUT2D eigenvalue weighted by Gasteiger charge is 2.23. The number of aromatic nitrogens is 2. The first-order valence-electron chi connectivity index (χ1n) is 8.36. The van der Waals surface area contributed by atoms with E-state index in [0.717, 1.165) is 0 Å². The van der Waals surface area contributed by atoms with Gasteiger partial charge in [-0.05, 0) is 44.2 Å². The smallest absolute Gasteiger partial charge is 0.312 e. The van der Waals surface area contributed by atoms with Crippen LogP contribution in [0.4, 0.5) is 11.4 Å². The van der Waals surface area contributed by atoms with Crippen LogP contribution in [0.25, 0.3) is 0 Å². The minimum Gasteiger partial charge on any atom is -0.455 e. The van der Waals surface area contributed by atoms with Crippen LogP contribution in [0.5, 0.6) is 11.5 Å². The van der Waals surface area contributed by atoms with Gasteiger partial charge in [-0.2, -0.15) is 5.10 Å². The van der Waals surface area contributed by atoms with Crippen LogP contribution in [0.15, 0.2) is 48.5 Å². The summed E-state index contributed by atoms with van der Waals surface area (Å²) in [5.74, 6) is 0.610. The van der Waals surface area contributed by atoms with Gasteiger partial charge in [0, 0.05) is 5.02 Å². The van der Waals surface area contributed by atoms with Crippen molar-refractivity contribution in [3.8, 4) is 11.5 Å². The number of benzene rings is 2. The van der Waals surface area contributed by atoms with Crippen molar-refractivity contribution < 1.29 is 14.5 Å². The molecule has 144 valence electrons. The molecule has 28 heavy (non-hydrogen) atoms. The van der Waals surface area contributed by atoms with Crippen LogP contribution in [0.1, 0.15) is 11.4 Å². The molecule has 8 nitrogen and oxygen atoms in total. The molecule has 3 aromatic rings. The van der Waals surface area contributed by atoms with Gasteiger partial charge in [-0.15, -0.1) is 0 Å². The normalized spacial score (nSPS) is 10.5. The van der Waals surface area contributed by atoms with Crippen LogP contribution in [0.3, 0.4) is 0 Å². The van der Waals surface area contributed by atoms with Crippen molar-refractivity contribution in [3.63, 3.8) is 0 Å². The first-order chi connectivity index (χ1) is 13.3. The SMILES string of the molecule is Cc1nn(CC(=O)Nc2cc(Cl)ccc2Oc2ccccc2)c(C)c1[N+](=O)[O-]. The number of amides is 1. The summed E-state index contributed by atoms with van der Waals surface area (Å²) in [6, 6.07) is 14.0. The molecule has 0 saturated heterocycles. The summed E-state index contributed by atoms with van der Waals surface area (Å²) < 4.78 is 7.11. The topological polar surface area (TPSA) is 99.3 Å². The summed E-state index contributed by atoms with van der Waals surface area (Å²) in [7, 11) is 0. The highest BCUT2D eigenvalue weighted by atomic mass is 35.5. The highest BCUT2D eigenvalue weighted by molar-refractivity contribution is 6.31. The molecule has 1 heterocycles. The Morgan fingerprint density at radius 2 is 1.96 bits per heavy atom. The number of ether oxygens (including phenoxy) is 1. The van der Waals surface area contributed by atoms with E-state index in [1.54, 1.807) is 37.3 Å². The molecule has 0 atom stereocenters. The molecule has 0 saturated carbocycles. The lowest BCUT2D eigenvalue weighted by Gasteiger charge is -2.13. The number of nitrogens with zero attached hydrogens (tertiary/aromatic N) is 3.